The summed E-state index contributed by atoms with van der Waals surface area (Å²) in [5, 5.41) is 14.7. The molecule has 162 valence electrons. The van der Waals surface area contributed by atoms with E-state index in [9.17, 15) is 9.59 Å². The van der Waals surface area contributed by atoms with Gasteiger partial charge in [-0.3, -0.25) is 9.59 Å². The van der Waals surface area contributed by atoms with Crippen LogP contribution in [0.2, 0.25) is 5.02 Å². The summed E-state index contributed by atoms with van der Waals surface area (Å²) in [6, 6.07) is 14.7. The Morgan fingerprint density at radius 2 is 1.81 bits per heavy atom. The SMILES string of the molecule is CCn1c(CC(=O)Nc2ccccc2Cl)nnc1SC(C)C(=O)Nc1ccc(C)cc1. The van der Waals surface area contributed by atoms with E-state index in [2.05, 4.69) is 20.8 Å². The molecule has 0 aliphatic carbocycles. The number of benzene rings is 2. The normalized spacial score (nSPS) is 11.7. The monoisotopic (exact) mass is 457 g/mol. The molecule has 1 aromatic heterocycles. The van der Waals surface area contributed by atoms with Crippen molar-refractivity contribution in [1.29, 1.82) is 0 Å². The Bertz CT molecular complexity index is 1070. The summed E-state index contributed by atoms with van der Waals surface area (Å²) in [6.45, 7) is 6.33. The number of halogens is 1. The van der Waals surface area contributed by atoms with Crippen LogP contribution in [-0.2, 0) is 22.6 Å². The standard InChI is InChI=1S/C22H24ClN5O2S/c1-4-28-19(13-20(29)25-18-8-6-5-7-17(18)23)26-27-22(28)31-15(3)21(30)24-16-11-9-14(2)10-12-16/h5-12,15H,4,13H2,1-3H3,(H,24,30)(H,25,29). The fraction of sp³-hybridized carbons (Fsp3) is 0.273. The first-order chi connectivity index (χ1) is 14.9. The van der Waals surface area contributed by atoms with Gasteiger partial charge in [0.05, 0.1) is 22.4 Å². The number of nitrogens with one attached hydrogen (secondary N) is 2. The number of thioether (sulfide) groups is 1. The minimum Gasteiger partial charge on any atom is -0.325 e. The molecule has 1 heterocycles. The molecule has 7 nitrogen and oxygen atoms in total. The topological polar surface area (TPSA) is 88.9 Å². The average Bonchev–Trinajstić information content (AvgIpc) is 3.12. The van der Waals surface area contributed by atoms with E-state index in [1.54, 1.807) is 24.3 Å². The molecule has 3 rings (SSSR count). The molecule has 0 aliphatic rings. The lowest BCUT2D eigenvalue weighted by Gasteiger charge is -2.13. The van der Waals surface area contributed by atoms with Crippen LogP contribution in [0.5, 0.6) is 0 Å². The number of rotatable bonds is 8. The van der Waals surface area contributed by atoms with Crippen molar-refractivity contribution in [2.45, 2.75) is 44.1 Å². The lowest BCUT2D eigenvalue weighted by atomic mass is 10.2. The Labute approximate surface area is 190 Å². The molecule has 31 heavy (non-hydrogen) atoms. The highest BCUT2D eigenvalue weighted by Gasteiger charge is 2.21. The van der Waals surface area contributed by atoms with Gasteiger partial charge in [0.2, 0.25) is 11.8 Å². The zero-order valence-electron chi connectivity index (χ0n) is 17.6. The molecular formula is C22H24ClN5O2S. The lowest BCUT2D eigenvalue weighted by molar-refractivity contribution is -0.116. The molecule has 0 saturated heterocycles. The predicted octanol–water partition coefficient (Wildman–Crippen LogP) is 4.56. The Kier molecular flexibility index (Phi) is 7.70. The average molecular weight is 458 g/mol. The molecule has 2 N–H and O–H groups in total. The molecule has 0 spiro atoms. The van der Waals surface area contributed by atoms with E-state index in [-0.39, 0.29) is 23.5 Å². The molecule has 0 aliphatic heterocycles. The third-order valence-electron chi connectivity index (χ3n) is 4.55. The van der Waals surface area contributed by atoms with Crippen molar-refractivity contribution in [3.63, 3.8) is 0 Å². The predicted molar refractivity (Wildman–Crippen MR) is 125 cm³/mol. The molecule has 3 aromatic rings. The van der Waals surface area contributed by atoms with E-state index < -0.39 is 0 Å². The van der Waals surface area contributed by atoms with E-state index in [4.69, 9.17) is 11.6 Å². The zero-order chi connectivity index (χ0) is 22.4. The van der Waals surface area contributed by atoms with Crippen molar-refractivity contribution in [2.75, 3.05) is 10.6 Å². The number of carbonyl (C=O) groups excluding carboxylic acids is 2. The smallest absolute Gasteiger partial charge is 0.237 e. The van der Waals surface area contributed by atoms with Gasteiger partial charge in [0.15, 0.2) is 5.16 Å². The molecule has 9 heteroatoms. The van der Waals surface area contributed by atoms with Crippen molar-refractivity contribution >= 4 is 46.6 Å². The minimum atomic E-state index is -0.388. The summed E-state index contributed by atoms with van der Waals surface area (Å²) in [4.78, 5) is 25.0. The molecule has 2 aromatic carbocycles. The summed E-state index contributed by atoms with van der Waals surface area (Å²) >= 11 is 7.40. The number of para-hydroxylation sites is 1. The fourth-order valence-electron chi connectivity index (χ4n) is 2.85. The van der Waals surface area contributed by atoms with Crippen molar-refractivity contribution in [1.82, 2.24) is 14.8 Å². The molecule has 2 amide bonds. The van der Waals surface area contributed by atoms with E-state index in [1.165, 1.54) is 11.8 Å². The largest absolute Gasteiger partial charge is 0.325 e. The van der Waals surface area contributed by atoms with Gasteiger partial charge in [-0.1, -0.05) is 53.2 Å². The van der Waals surface area contributed by atoms with Gasteiger partial charge in [-0.05, 0) is 45.0 Å². The Hall–Kier alpha value is -2.84. The second kappa shape index (κ2) is 10.5. The van der Waals surface area contributed by atoms with Crippen LogP contribution < -0.4 is 10.6 Å². The first-order valence-electron chi connectivity index (χ1n) is 9.88. The van der Waals surface area contributed by atoms with Crippen LogP contribution in [0.4, 0.5) is 11.4 Å². The number of anilines is 2. The van der Waals surface area contributed by atoms with Crippen molar-refractivity contribution in [3.05, 3.63) is 64.9 Å². The molecule has 1 unspecified atom stereocenters. The van der Waals surface area contributed by atoms with Gasteiger partial charge < -0.3 is 15.2 Å². The van der Waals surface area contributed by atoms with Crippen molar-refractivity contribution < 1.29 is 9.59 Å². The third-order valence-corrected chi connectivity index (χ3v) is 5.96. The van der Waals surface area contributed by atoms with Crippen LogP contribution in [0.15, 0.2) is 53.7 Å². The van der Waals surface area contributed by atoms with E-state index >= 15 is 0 Å². The number of aryl methyl sites for hydroxylation is 1. The lowest BCUT2D eigenvalue weighted by Crippen LogP contribution is -2.23. The van der Waals surface area contributed by atoms with Crippen LogP contribution >= 0.6 is 23.4 Å². The first-order valence-corrected chi connectivity index (χ1v) is 11.1. The highest BCUT2D eigenvalue weighted by Crippen LogP contribution is 2.24. The molecule has 0 saturated carbocycles. The second-order valence-electron chi connectivity index (χ2n) is 6.96. The molecule has 1 atom stereocenters. The Balaban J connectivity index is 1.63. The maximum absolute atomic E-state index is 12.6. The molecule has 0 fully saturated rings. The summed E-state index contributed by atoms with van der Waals surface area (Å²) in [5.41, 5.74) is 2.42. The highest BCUT2D eigenvalue weighted by molar-refractivity contribution is 8.00. The van der Waals surface area contributed by atoms with Gasteiger partial charge in [0.25, 0.3) is 0 Å². The van der Waals surface area contributed by atoms with Crippen LogP contribution in [0.3, 0.4) is 0 Å². The summed E-state index contributed by atoms with van der Waals surface area (Å²) < 4.78 is 1.84. The number of aromatic nitrogens is 3. The van der Waals surface area contributed by atoms with Gasteiger partial charge in [-0.15, -0.1) is 10.2 Å². The maximum Gasteiger partial charge on any atom is 0.237 e. The number of hydrogen-bond acceptors (Lipinski definition) is 5. The van der Waals surface area contributed by atoms with Gasteiger partial charge in [-0.25, -0.2) is 0 Å². The summed E-state index contributed by atoms with van der Waals surface area (Å²) in [5.74, 6) is 0.162. The highest BCUT2D eigenvalue weighted by atomic mass is 35.5. The van der Waals surface area contributed by atoms with Crippen molar-refractivity contribution in [2.24, 2.45) is 0 Å². The van der Waals surface area contributed by atoms with Crippen LogP contribution in [0, 0.1) is 6.92 Å². The zero-order valence-corrected chi connectivity index (χ0v) is 19.1. The minimum absolute atomic E-state index is 0.0521. The number of nitrogens with zero attached hydrogens (tertiary/aromatic N) is 3. The van der Waals surface area contributed by atoms with Crippen LogP contribution in [0.25, 0.3) is 0 Å². The summed E-state index contributed by atoms with van der Waals surface area (Å²) in [7, 11) is 0. The Morgan fingerprint density at radius 1 is 1.10 bits per heavy atom. The Morgan fingerprint density at radius 3 is 2.48 bits per heavy atom. The van der Waals surface area contributed by atoms with Gasteiger partial charge in [-0.2, -0.15) is 0 Å². The number of carbonyl (C=O) groups is 2. The third kappa shape index (κ3) is 6.08. The van der Waals surface area contributed by atoms with Gasteiger partial charge in [0.1, 0.15) is 5.82 Å². The number of hydrogen-bond donors (Lipinski definition) is 2. The van der Waals surface area contributed by atoms with Crippen molar-refractivity contribution in [3.8, 4) is 0 Å². The second-order valence-corrected chi connectivity index (χ2v) is 8.68. The van der Waals surface area contributed by atoms with Gasteiger partial charge in [0, 0.05) is 12.2 Å². The molecule has 0 bridgehead atoms. The van der Waals surface area contributed by atoms with E-state index in [0.717, 1.165) is 11.3 Å². The fourth-order valence-corrected chi connectivity index (χ4v) is 3.96. The van der Waals surface area contributed by atoms with Crippen LogP contribution in [-0.4, -0.2) is 31.8 Å². The van der Waals surface area contributed by atoms with Crippen LogP contribution in [0.1, 0.15) is 25.2 Å². The van der Waals surface area contributed by atoms with Gasteiger partial charge >= 0.3 is 0 Å². The first kappa shape index (κ1) is 22.8. The maximum atomic E-state index is 12.6. The quantitative estimate of drug-likeness (QED) is 0.484. The van der Waals surface area contributed by atoms with E-state index in [1.807, 2.05) is 49.6 Å². The molecule has 0 radical (unpaired) electrons. The molecular weight excluding hydrogens is 434 g/mol. The summed E-state index contributed by atoms with van der Waals surface area (Å²) in [6.07, 6.45) is 0.0521. The van der Waals surface area contributed by atoms with E-state index in [0.29, 0.717) is 28.2 Å². The number of amides is 2.